The van der Waals surface area contributed by atoms with E-state index in [4.69, 9.17) is 16.6 Å². The molecule has 2 aromatic rings. The molecule has 1 saturated heterocycles. The average Bonchev–Trinajstić information content (AvgIpc) is 2.74. The Hall–Kier alpha value is -1.61. The molecule has 1 aliphatic rings. The Bertz CT molecular complexity index is 762. The zero-order valence-electron chi connectivity index (χ0n) is 16.9. The summed E-state index contributed by atoms with van der Waals surface area (Å²) in [6.45, 7) is 6.50. The summed E-state index contributed by atoms with van der Waals surface area (Å²) in [4.78, 5) is 15.8. The summed E-state index contributed by atoms with van der Waals surface area (Å²) in [5, 5.41) is 7.21. The Morgan fingerprint density at radius 3 is 2.66 bits per heavy atom. The quantitative estimate of drug-likeness (QED) is 0.246. The van der Waals surface area contributed by atoms with Crippen molar-refractivity contribution in [3.8, 4) is 0 Å². The normalized spacial score (nSPS) is 14.3. The van der Waals surface area contributed by atoms with Gasteiger partial charge in [-0.25, -0.2) is 15.0 Å². The molecule has 1 fully saturated rings. The van der Waals surface area contributed by atoms with E-state index in [0.29, 0.717) is 11.7 Å². The Kier molecular flexibility index (Phi) is 10.5. The maximum atomic E-state index is 5.83. The third-order valence-corrected chi connectivity index (χ3v) is 4.97. The molecule has 1 aliphatic heterocycles. The molecule has 0 unspecified atom stereocenters. The highest BCUT2D eigenvalue weighted by molar-refractivity contribution is 14.0. The molecular weight excluding hydrogens is 499 g/mol. The zero-order chi connectivity index (χ0) is 19.6. The van der Waals surface area contributed by atoms with Crippen LogP contribution < -0.4 is 15.5 Å². The van der Waals surface area contributed by atoms with Crippen LogP contribution in [-0.2, 0) is 13.0 Å². The predicted molar refractivity (Wildman–Crippen MR) is 131 cm³/mol. The third-order valence-electron chi connectivity index (χ3n) is 4.75. The lowest BCUT2D eigenvalue weighted by molar-refractivity contribution is 0.573. The molecule has 29 heavy (non-hydrogen) atoms. The van der Waals surface area contributed by atoms with Crippen molar-refractivity contribution in [2.75, 3.05) is 31.1 Å². The van der Waals surface area contributed by atoms with Crippen LogP contribution in [0.2, 0.25) is 5.15 Å². The SMILES string of the molecule is CCNC(=NCc1ccnc(N2CCCCC2)c1)NCCc1ccc(Cl)nc1.I. The Morgan fingerprint density at radius 1 is 1.10 bits per heavy atom. The van der Waals surface area contributed by atoms with Crippen molar-refractivity contribution in [2.24, 2.45) is 4.99 Å². The molecule has 8 heteroatoms. The maximum absolute atomic E-state index is 5.83. The van der Waals surface area contributed by atoms with Crippen LogP contribution >= 0.6 is 35.6 Å². The van der Waals surface area contributed by atoms with Gasteiger partial charge in [0.15, 0.2) is 5.96 Å². The van der Waals surface area contributed by atoms with Gasteiger partial charge in [-0.1, -0.05) is 17.7 Å². The molecule has 0 aliphatic carbocycles. The molecule has 0 atom stereocenters. The molecular formula is C21H30ClIN6. The number of rotatable bonds is 7. The van der Waals surface area contributed by atoms with Crippen LogP contribution in [0.4, 0.5) is 5.82 Å². The fourth-order valence-corrected chi connectivity index (χ4v) is 3.36. The van der Waals surface area contributed by atoms with Gasteiger partial charge in [-0.15, -0.1) is 24.0 Å². The van der Waals surface area contributed by atoms with Crippen molar-refractivity contribution >= 4 is 47.4 Å². The van der Waals surface area contributed by atoms with Gasteiger partial charge < -0.3 is 15.5 Å². The number of nitrogens with zero attached hydrogens (tertiary/aromatic N) is 4. The topological polar surface area (TPSA) is 65.4 Å². The number of anilines is 1. The highest BCUT2D eigenvalue weighted by Crippen LogP contribution is 2.18. The molecule has 6 nitrogen and oxygen atoms in total. The van der Waals surface area contributed by atoms with Gasteiger partial charge in [0.05, 0.1) is 6.54 Å². The minimum Gasteiger partial charge on any atom is -0.357 e. The third kappa shape index (κ3) is 7.97. The second-order valence-corrected chi connectivity index (χ2v) is 7.32. The first-order valence-electron chi connectivity index (χ1n) is 10.1. The van der Waals surface area contributed by atoms with Crippen LogP contribution in [-0.4, -0.2) is 42.1 Å². The van der Waals surface area contributed by atoms with Crippen LogP contribution in [0, 0.1) is 0 Å². The summed E-state index contributed by atoms with van der Waals surface area (Å²) in [7, 11) is 0. The second-order valence-electron chi connectivity index (χ2n) is 6.93. The molecule has 3 rings (SSSR count). The highest BCUT2D eigenvalue weighted by atomic mass is 127. The van der Waals surface area contributed by atoms with E-state index in [2.05, 4.69) is 38.5 Å². The number of hydrogen-bond acceptors (Lipinski definition) is 4. The summed E-state index contributed by atoms with van der Waals surface area (Å²) >= 11 is 5.83. The summed E-state index contributed by atoms with van der Waals surface area (Å²) < 4.78 is 0. The standard InChI is InChI=1S/C21H29ClN6.HI/c1-2-23-21(25-11-8-17-6-7-19(22)26-15-17)27-16-18-9-10-24-20(14-18)28-12-4-3-5-13-28;/h6-7,9-10,14-15H,2-5,8,11-13,16H2,1H3,(H2,23,25,27);1H. The molecule has 0 spiro atoms. The van der Waals surface area contributed by atoms with Gasteiger partial charge in [0.25, 0.3) is 0 Å². The minimum atomic E-state index is 0. The van der Waals surface area contributed by atoms with Crippen molar-refractivity contribution < 1.29 is 0 Å². The number of guanidine groups is 1. The van der Waals surface area contributed by atoms with Crippen molar-refractivity contribution in [3.05, 3.63) is 52.9 Å². The average molecular weight is 529 g/mol. The van der Waals surface area contributed by atoms with Crippen molar-refractivity contribution in [2.45, 2.75) is 39.2 Å². The van der Waals surface area contributed by atoms with E-state index in [-0.39, 0.29) is 24.0 Å². The number of hydrogen-bond donors (Lipinski definition) is 2. The van der Waals surface area contributed by atoms with E-state index in [1.54, 1.807) is 0 Å². The lowest BCUT2D eigenvalue weighted by Gasteiger charge is -2.27. The lowest BCUT2D eigenvalue weighted by atomic mass is 10.1. The Morgan fingerprint density at radius 2 is 1.93 bits per heavy atom. The van der Waals surface area contributed by atoms with E-state index < -0.39 is 0 Å². The van der Waals surface area contributed by atoms with Crippen LogP contribution in [0.15, 0.2) is 41.7 Å². The summed E-state index contributed by atoms with van der Waals surface area (Å²) in [6.07, 6.45) is 8.40. The largest absolute Gasteiger partial charge is 0.357 e. The molecule has 2 N–H and O–H groups in total. The van der Waals surface area contributed by atoms with Gasteiger partial charge in [0, 0.05) is 38.6 Å². The number of halogens is 2. The molecule has 3 heterocycles. The van der Waals surface area contributed by atoms with Crippen LogP contribution in [0.3, 0.4) is 0 Å². The minimum absolute atomic E-state index is 0. The smallest absolute Gasteiger partial charge is 0.191 e. The van der Waals surface area contributed by atoms with Gasteiger partial charge in [-0.3, -0.25) is 0 Å². The van der Waals surface area contributed by atoms with Crippen molar-refractivity contribution in [1.82, 2.24) is 20.6 Å². The molecule has 2 aromatic heterocycles. The Balaban J connectivity index is 0.00000300. The van der Waals surface area contributed by atoms with Crippen molar-refractivity contribution in [1.29, 1.82) is 0 Å². The second kappa shape index (κ2) is 12.8. The molecule has 158 valence electrons. The summed E-state index contributed by atoms with van der Waals surface area (Å²) in [5.41, 5.74) is 2.32. The first-order chi connectivity index (χ1) is 13.7. The predicted octanol–water partition coefficient (Wildman–Crippen LogP) is 4.04. The Labute approximate surface area is 195 Å². The van der Waals surface area contributed by atoms with E-state index in [0.717, 1.165) is 49.9 Å². The van der Waals surface area contributed by atoms with Crippen LogP contribution in [0.25, 0.3) is 0 Å². The zero-order valence-corrected chi connectivity index (χ0v) is 20.0. The van der Waals surface area contributed by atoms with Gasteiger partial charge in [0.1, 0.15) is 11.0 Å². The monoisotopic (exact) mass is 528 g/mol. The summed E-state index contributed by atoms with van der Waals surface area (Å²) in [6, 6.07) is 8.03. The molecule has 0 radical (unpaired) electrons. The molecule has 0 bridgehead atoms. The van der Waals surface area contributed by atoms with E-state index >= 15 is 0 Å². The lowest BCUT2D eigenvalue weighted by Crippen LogP contribution is -2.38. The molecule has 0 amide bonds. The number of nitrogens with one attached hydrogen (secondary N) is 2. The van der Waals surface area contributed by atoms with E-state index in [9.17, 15) is 0 Å². The van der Waals surface area contributed by atoms with Gasteiger partial charge >= 0.3 is 0 Å². The van der Waals surface area contributed by atoms with E-state index in [1.165, 1.54) is 24.8 Å². The number of pyridine rings is 2. The highest BCUT2D eigenvalue weighted by Gasteiger charge is 2.12. The first kappa shape index (κ1) is 23.7. The van der Waals surface area contributed by atoms with Gasteiger partial charge in [0.2, 0.25) is 0 Å². The van der Waals surface area contributed by atoms with E-state index in [1.807, 2.05) is 30.6 Å². The fraction of sp³-hybridized carbons (Fsp3) is 0.476. The number of piperidine rings is 1. The summed E-state index contributed by atoms with van der Waals surface area (Å²) in [5.74, 6) is 1.89. The number of aliphatic imine (C=N–C) groups is 1. The first-order valence-corrected chi connectivity index (χ1v) is 10.4. The molecule has 0 aromatic carbocycles. The molecule has 0 saturated carbocycles. The van der Waals surface area contributed by atoms with Crippen LogP contribution in [0.1, 0.15) is 37.3 Å². The number of aromatic nitrogens is 2. The van der Waals surface area contributed by atoms with Gasteiger partial charge in [-0.05, 0) is 61.9 Å². The van der Waals surface area contributed by atoms with Gasteiger partial charge in [-0.2, -0.15) is 0 Å². The maximum Gasteiger partial charge on any atom is 0.191 e. The fourth-order valence-electron chi connectivity index (χ4n) is 3.25. The van der Waals surface area contributed by atoms with Crippen molar-refractivity contribution in [3.63, 3.8) is 0 Å². The van der Waals surface area contributed by atoms with Crippen LogP contribution in [0.5, 0.6) is 0 Å².